The van der Waals surface area contributed by atoms with Gasteiger partial charge in [-0.15, -0.1) is 0 Å². The first-order chi connectivity index (χ1) is 18.7. The second kappa shape index (κ2) is 11.6. The monoisotopic (exact) mass is 525 g/mol. The number of aryl methyl sites for hydroxylation is 1. The lowest BCUT2D eigenvalue weighted by atomic mass is 9.87. The van der Waals surface area contributed by atoms with Gasteiger partial charge in [0.15, 0.2) is 0 Å². The number of Topliss-reactive ketones (excluding diaryl/α,β-unsaturated/α-hetero) is 1. The molecule has 0 spiro atoms. The van der Waals surface area contributed by atoms with Gasteiger partial charge in [0.1, 0.15) is 17.3 Å². The number of imidazole rings is 1. The fourth-order valence-corrected chi connectivity index (χ4v) is 5.13. The molecule has 0 radical (unpaired) electrons. The third-order valence-electron chi connectivity index (χ3n) is 7.53. The Morgan fingerprint density at radius 1 is 1.08 bits per heavy atom. The van der Waals surface area contributed by atoms with Gasteiger partial charge in [-0.05, 0) is 79.6 Å². The number of pyridine rings is 1. The summed E-state index contributed by atoms with van der Waals surface area (Å²) in [5.74, 6) is 3.02. The molecule has 0 bridgehead atoms. The van der Waals surface area contributed by atoms with Gasteiger partial charge in [-0.2, -0.15) is 0 Å². The van der Waals surface area contributed by atoms with Crippen LogP contribution in [0, 0.1) is 5.92 Å². The minimum Gasteiger partial charge on any atom is -0.457 e. The van der Waals surface area contributed by atoms with Crippen LogP contribution in [0.25, 0.3) is 11.0 Å². The molecule has 0 saturated carbocycles. The van der Waals surface area contributed by atoms with Crippen molar-refractivity contribution in [2.75, 3.05) is 18.4 Å². The van der Waals surface area contributed by atoms with Gasteiger partial charge in [-0.1, -0.05) is 32.9 Å². The number of hydrogen-bond donors (Lipinski definition) is 2. The normalized spacial score (nSPS) is 14.5. The van der Waals surface area contributed by atoms with Crippen molar-refractivity contribution >= 4 is 28.5 Å². The number of nitrogens with zero attached hydrogens (tertiary/aromatic N) is 3. The van der Waals surface area contributed by atoms with Crippen LogP contribution >= 0.6 is 0 Å². The lowest BCUT2D eigenvalue weighted by Gasteiger charge is -2.22. The lowest BCUT2D eigenvalue weighted by Crippen LogP contribution is -2.28. The van der Waals surface area contributed by atoms with Crippen molar-refractivity contribution in [1.29, 1.82) is 0 Å². The fourth-order valence-electron chi connectivity index (χ4n) is 5.13. The topological polar surface area (TPSA) is 81.1 Å². The minimum atomic E-state index is 0.0727. The van der Waals surface area contributed by atoms with Crippen LogP contribution in [0.1, 0.15) is 57.7 Å². The molecule has 1 saturated heterocycles. The van der Waals surface area contributed by atoms with Crippen LogP contribution in [-0.4, -0.2) is 33.4 Å². The van der Waals surface area contributed by atoms with Crippen molar-refractivity contribution in [2.24, 2.45) is 13.0 Å². The molecule has 1 fully saturated rings. The molecule has 0 amide bonds. The van der Waals surface area contributed by atoms with Crippen LogP contribution in [-0.2, 0) is 23.7 Å². The molecule has 2 aromatic heterocycles. The summed E-state index contributed by atoms with van der Waals surface area (Å²) in [6.45, 7) is 8.76. The van der Waals surface area contributed by atoms with Crippen LogP contribution in [0.15, 0.2) is 60.8 Å². The van der Waals surface area contributed by atoms with Crippen LogP contribution in [0.2, 0.25) is 0 Å². The van der Waals surface area contributed by atoms with E-state index in [9.17, 15) is 4.79 Å². The van der Waals surface area contributed by atoms with Gasteiger partial charge in [-0.25, -0.2) is 4.98 Å². The Balaban J connectivity index is 1.24. The zero-order valence-electron chi connectivity index (χ0n) is 23.5. The first-order valence-corrected chi connectivity index (χ1v) is 13.9. The number of piperidine rings is 1. The molecule has 5 rings (SSSR count). The Labute approximate surface area is 231 Å². The predicted octanol–water partition coefficient (Wildman–Crippen LogP) is 6.69. The van der Waals surface area contributed by atoms with Gasteiger partial charge in [0.25, 0.3) is 0 Å². The standard InChI is InChI=1S/C32H39N5O2/c1-32(2,3)23-6-5-7-24(18-23)35-31-36-29-21-27(10-11-30(29)37(31)4)39-28-14-17-34-25(20-28)19-26(38)9-8-22-12-15-33-16-13-22/h5-7,10-11,14,17-18,20-22,33H,8-9,12-13,15-16,19H2,1-4H3,(H,35,36). The van der Waals surface area contributed by atoms with Crippen molar-refractivity contribution in [1.82, 2.24) is 19.9 Å². The van der Waals surface area contributed by atoms with Crippen molar-refractivity contribution in [2.45, 2.75) is 58.3 Å². The maximum absolute atomic E-state index is 12.6. The lowest BCUT2D eigenvalue weighted by molar-refractivity contribution is -0.118. The Morgan fingerprint density at radius 2 is 1.87 bits per heavy atom. The summed E-state index contributed by atoms with van der Waals surface area (Å²) in [7, 11) is 2.00. The highest BCUT2D eigenvalue weighted by Crippen LogP contribution is 2.30. The largest absolute Gasteiger partial charge is 0.457 e. The highest BCUT2D eigenvalue weighted by molar-refractivity contribution is 5.81. The van der Waals surface area contributed by atoms with Crippen LogP contribution in [0.4, 0.5) is 11.6 Å². The van der Waals surface area contributed by atoms with E-state index in [1.165, 1.54) is 5.56 Å². The average molecular weight is 526 g/mol. The first-order valence-electron chi connectivity index (χ1n) is 13.9. The summed E-state index contributed by atoms with van der Waals surface area (Å²) in [6, 6.07) is 18.0. The SMILES string of the molecule is Cn1c(Nc2cccc(C(C)(C)C)c2)nc2cc(Oc3ccnc(CC(=O)CCC4CCNCC4)c3)ccc21. The fraction of sp³-hybridized carbons (Fsp3) is 0.406. The van der Waals surface area contributed by atoms with E-state index in [1.54, 1.807) is 6.20 Å². The molecule has 3 heterocycles. The van der Waals surface area contributed by atoms with E-state index < -0.39 is 0 Å². The van der Waals surface area contributed by atoms with Gasteiger partial charge in [0.05, 0.1) is 16.7 Å². The van der Waals surface area contributed by atoms with Crippen LogP contribution < -0.4 is 15.4 Å². The minimum absolute atomic E-state index is 0.0727. The molecule has 7 heteroatoms. The number of ether oxygens (including phenoxy) is 1. The molecule has 2 aromatic carbocycles. The van der Waals surface area contributed by atoms with Crippen molar-refractivity contribution in [3.05, 3.63) is 72.1 Å². The highest BCUT2D eigenvalue weighted by atomic mass is 16.5. The van der Waals surface area contributed by atoms with Crippen LogP contribution in [0.3, 0.4) is 0 Å². The molecule has 0 aliphatic carbocycles. The third kappa shape index (κ3) is 6.84. The summed E-state index contributed by atoms with van der Waals surface area (Å²) < 4.78 is 8.20. The second-order valence-corrected chi connectivity index (χ2v) is 11.6. The molecule has 204 valence electrons. The Hall–Kier alpha value is -3.71. The Morgan fingerprint density at radius 3 is 2.67 bits per heavy atom. The average Bonchev–Trinajstić information content (AvgIpc) is 3.22. The summed E-state index contributed by atoms with van der Waals surface area (Å²) in [4.78, 5) is 21.8. The number of anilines is 2. The van der Waals surface area contributed by atoms with E-state index in [0.717, 1.165) is 60.7 Å². The van der Waals surface area contributed by atoms with Gasteiger partial charge in [0, 0.05) is 43.9 Å². The number of ketones is 1. The molecule has 2 N–H and O–H groups in total. The molecule has 0 atom stereocenters. The molecule has 1 aliphatic heterocycles. The predicted molar refractivity (Wildman–Crippen MR) is 157 cm³/mol. The molecule has 4 aromatic rings. The molecule has 0 unspecified atom stereocenters. The number of aromatic nitrogens is 3. The van der Waals surface area contributed by atoms with Gasteiger partial charge < -0.3 is 19.9 Å². The first kappa shape index (κ1) is 26.9. The maximum atomic E-state index is 12.6. The summed E-state index contributed by atoms with van der Waals surface area (Å²) in [6.07, 6.45) is 5.96. The van der Waals surface area contributed by atoms with Gasteiger partial charge in [0.2, 0.25) is 5.95 Å². The number of rotatable bonds is 9. The van der Waals surface area contributed by atoms with Gasteiger partial charge >= 0.3 is 0 Å². The summed E-state index contributed by atoms with van der Waals surface area (Å²) in [5.41, 5.74) is 4.93. The quantitative estimate of drug-likeness (QED) is 0.253. The van der Waals surface area contributed by atoms with E-state index in [1.807, 2.05) is 41.9 Å². The van der Waals surface area contributed by atoms with Crippen molar-refractivity contribution < 1.29 is 9.53 Å². The molecule has 39 heavy (non-hydrogen) atoms. The molecular formula is C32H39N5O2. The van der Waals surface area contributed by atoms with E-state index in [4.69, 9.17) is 9.72 Å². The van der Waals surface area contributed by atoms with E-state index in [0.29, 0.717) is 30.3 Å². The van der Waals surface area contributed by atoms with Crippen molar-refractivity contribution in [3.8, 4) is 11.5 Å². The molecule has 1 aliphatic rings. The van der Waals surface area contributed by atoms with E-state index in [2.05, 4.69) is 60.7 Å². The number of fused-ring (bicyclic) bond motifs is 1. The van der Waals surface area contributed by atoms with E-state index in [-0.39, 0.29) is 11.2 Å². The Bertz CT molecular complexity index is 1450. The summed E-state index contributed by atoms with van der Waals surface area (Å²) in [5, 5.41) is 6.85. The number of hydrogen-bond acceptors (Lipinski definition) is 6. The number of benzene rings is 2. The smallest absolute Gasteiger partial charge is 0.208 e. The third-order valence-corrected chi connectivity index (χ3v) is 7.53. The number of carbonyl (C=O) groups excluding carboxylic acids is 1. The molecule has 7 nitrogen and oxygen atoms in total. The highest BCUT2D eigenvalue weighted by Gasteiger charge is 2.17. The zero-order chi connectivity index (χ0) is 27.4. The number of nitrogens with one attached hydrogen (secondary N) is 2. The molecular weight excluding hydrogens is 486 g/mol. The van der Waals surface area contributed by atoms with Gasteiger partial charge in [-0.3, -0.25) is 9.78 Å². The Kier molecular flexibility index (Phi) is 7.98. The second-order valence-electron chi connectivity index (χ2n) is 11.6. The van der Waals surface area contributed by atoms with Crippen LogP contribution in [0.5, 0.6) is 11.5 Å². The summed E-state index contributed by atoms with van der Waals surface area (Å²) >= 11 is 0. The van der Waals surface area contributed by atoms with E-state index >= 15 is 0 Å². The maximum Gasteiger partial charge on any atom is 0.208 e. The zero-order valence-corrected chi connectivity index (χ0v) is 23.5. The van der Waals surface area contributed by atoms with Crippen molar-refractivity contribution in [3.63, 3.8) is 0 Å². The number of carbonyl (C=O) groups is 1.